The van der Waals surface area contributed by atoms with E-state index in [4.69, 9.17) is 4.74 Å². The van der Waals surface area contributed by atoms with Gasteiger partial charge in [0.25, 0.3) is 0 Å². The molecule has 2 aromatic heterocycles. The molecule has 0 bridgehead atoms. The maximum absolute atomic E-state index is 5.25. The molecule has 74 valence electrons. The predicted molar refractivity (Wildman–Crippen MR) is 56.8 cm³/mol. The SMILES string of the molecule is CCc1cc2[nH]c(C)cc2c(OC)n1. The lowest BCUT2D eigenvalue weighted by Gasteiger charge is -2.03. The lowest BCUT2D eigenvalue weighted by Crippen LogP contribution is -1.92. The third-order valence-electron chi connectivity index (χ3n) is 2.32. The van der Waals surface area contributed by atoms with E-state index in [1.165, 1.54) is 0 Å². The van der Waals surface area contributed by atoms with Gasteiger partial charge < -0.3 is 9.72 Å². The lowest BCUT2D eigenvalue weighted by atomic mass is 10.2. The molecule has 2 heterocycles. The predicted octanol–water partition coefficient (Wildman–Crippen LogP) is 2.44. The lowest BCUT2D eigenvalue weighted by molar-refractivity contribution is 0.402. The van der Waals surface area contributed by atoms with Crippen LogP contribution in [0.3, 0.4) is 0 Å². The van der Waals surface area contributed by atoms with E-state index in [0.29, 0.717) is 5.88 Å². The number of ether oxygens (including phenoxy) is 1. The van der Waals surface area contributed by atoms with Crippen molar-refractivity contribution in [2.24, 2.45) is 0 Å². The molecule has 0 aliphatic heterocycles. The van der Waals surface area contributed by atoms with Crippen molar-refractivity contribution in [3.63, 3.8) is 0 Å². The van der Waals surface area contributed by atoms with Crippen LogP contribution in [-0.2, 0) is 6.42 Å². The van der Waals surface area contributed by atoms with Gasteiger partial charge in [-0.1, -0.05) is 6.92 Å². The first-order valence-corrected chi connectivity index (χ1v) is 4.77. The van der Waals surface area contributed by atoms with Gasteiger partial charge in [-0.15, -0.1) is 0 Å². The van der Waals surface area contributed by atoms with Crippen molar-refractivity contribution in [2.75, 3.05) is 7.11 Å². The molecule has 3 nitrogen and oxygen atoms in total. The Labute approximate surface area is 83.1 Å². The first-order chi connectivity index (χ1) is 6.74. The highest BCUT2D eigenvalue weighted by Gasteiger charge is 2.07. The van der Waals surface area contributed by atoms with E-state index in [1.54, 1.807) is 7.11 Å². The van der Waals surface area contributed by atoms with Gasteiger partial charge in [-0.3, -0.25) is 0 Å². The van der Waals surface area contributed by atoms with Gasteiger partial charge in [0.05, 0.1) is 18.0 Å². The van der Waals surface area contributed by atoms with Gasteiger partial charge in [-0.2, -0.15) is 0 Å². The number of rotatable bonds is 2. The molecule has 2 rings (SSSR count). The van der Waals surface area contributed by atoms with E-state index >= 15 is 0 Å². The van der Waals surface area contributed by atoms with Gasteiger partial charge in [0, 0.05) is 11.4 Å². The van der Waals surface area contributed by atoms with Crippen LogP contribution in [0.5, 0.6) is 5.88 Å². The second-order valence-corrected chi connectivity index (χ2v) is 3.39. The van der Waals surface area contributed by atoms with Crippen LogP contribution in [0.4, 0.5) is 0 Å². The van der Waals surface area contributed by atoms with Crippen LogP contribution in [0.25, 0.3) is 10.9 Å². The average molecular weight is 190 g/mol. The van der Waals surface area contributed by atoms with Crippen LogP contribution in [0.1, 0.15) is 18.3 Å². The van der Waals surface area contributed by atoms with Crippen LogP contribution in [0, 0.1) is 6.92 Å². The number of aromatic nitrogens is 2. The summed E-state index contributed by atoms with van der Waals surface area (Å²) in [7, 11) is 1.66. The quantitative estimate of drug-likeness (QED) is 0.789. The van der Waals surface area contributed by atoms with Gasteiger partial charge >= 0.3 is 0 Å². The highest BCUT2D eigenvalue weighted by atomic mass is 16.5. The highest BCUT2D eigenvalue weighted by Crippen LogP contribution is 2.25. The van der Waals surface area contributed by atoms with Gasteiger partial charge in [0.1, 0.15) is 0 Å². The van der Waals surface area contributed by atoms with E-state index in [9.17, 15) is 0 Å². The Morgan fingerprint density at radius 2 is 2.21 bits per heavy atom. The minimum absolute atomic E-state index is 0.712. The van der Waals surface area contributed by atoms with E-state index < -0.39 is 0 Å². The summed E-state index contributed by atoms with van der Waals surface area (Å²) in [6.45, 7) is 4.12. The Kier molecular flexibility index (Phi) is 2.15. The van der Waals surface area contributed by atoms with Crippen LogP contribution < -0.4 is 4.74 Å². The molecule has 1 N–H and O–H groups in total. The molecule has 14 heavy (non-hydrogen) atoms. The van der Waals surface area contributed by atoms with Gasteiger partial charge in [-0.25, -0.2) is 4.98 Å². The van der Waals surface area contributed by atoms with E-state index in [1.807, 2.05) is 6.92 Å². The Morgan fingerprint density at radius 3 is 2.86 bits per heavy atom. The maximum atomic E-state index is 5.25. The zero-order valence-corrected chi connectivity index (χ0v) is 8.72. The fraction of sp³-hybridized carbons (Fsp3) is 0.364. The molecular weight excluding hydrogens is 176 g/mol. The van der Waals surface area contributed by atoms with E-state index in [-0.39, 0.29) is 0 Å². The number of pyridine rings is 1. The van der Waals surface area contributed by atoms with Crippen molar-refractivity contribution in [1.82, 2.24) is 9.97 Å². The van der Waals surface area contributed by atoms with Crippen molar-refractivity contribution >= 4 is 10.9 Å². The van der Waals surface area contributed by atoms with Gasteiger partial charge in [-0.05, 0) is 25.5 Å². The second-order valence-electron chi connectivity index (χ2n) is 3.39. The largest absolute Gasteiger partial charge is 0.480 e. The molecule has 0 aliphatic carbocycles. The number of hydrogen-bond donors (Lipinski definition) is 1. The minimum Gasteiger partial charge on any atom is -0.480 e. The zero-order chi connectivity index (χ0) is 10.1. The fourth-order valence-electron chi connectivity index (χ4n) is 1.63. The summed E-state index contributed by atoms with van der Waals surface area (Å²) in [5.74, 6) is 0.712. The number of nitrogens with zero attached hydrogens (tertiary/aromatic N) is 1. The third-order valence-corrected chi connectivity index (χ3v) is 2.32. The number of methoxy groups -OCH3 is 1. The van der Waals surface area contributed by atoms with Gasteiger partial charge in [0.2, 0.25) is 5.88 Å². The number of H-pyrrole nitrogens is 1. The Morgan fingerprint density at radius 1 is 1.43 bits per heavy atom. The summed E-state index contributed by atoms with van der Waals surface area (Å²) in [5.41, 5.74) is 3.29. The zero-order valence-electron chi connectivity index (χ0n) is 8.72. The maximum Gasteiger partial charge on any atom is 0.222 e. The summed E-state index contributed by atoms with van der Waals surface area (Å²) in [4.78, 5) is 7.70. The molecule has 0 amide bonds. The Bertz CT molecular complexity index is 460. The summed E-state index contributed by atoms with van der Waals surface area (Å²) in [6, 6.07) is 4.13. The molecule has 0 aromatic carbocycles. The Hall–Kier alpha value is -1.51. The molecule has 3 heteroatoms. The van der Waals surface area contributed by atoms with E-state index in [0.717, 1.165) is 28.7 Å². The molecule has 0 saturated heterocycles. The average Bonchev–Trinajstić information content (AvgIpc) is 2.56. The summed E-state index contributed by atoms with van der Waals surface area (Å²) in [6.07, 6.45) is 0.921. The number of aromatic amines is 1. The smallest absolute Gasteiger partial charge is 0.222 e. The molecule has 0 atom stereocenters. The molecular formula is C11H14N2O. The van der Waals surface area contributed by atoms with Crippen molar-refractivity contribution < 1.29 is 4.74 Å². The molecule has 0 spiro atoms. The van der Waals surface area contributed by atoms with Crippen LogP contribution in [-0.4, -0.2) is 17.1 Å². The van der Waals surface area contributed by atoms with Crippen molar-refractivity contribution in [3.8, 4) is 5.88 Å². The summed E-state index contributed by atoms with van der Waals surface area (Å²) in [5, 5.41) is 1.06. The van der Waals surface area contributed by atoms with Gasteiger partial charge in [0.15, 0.2) is 0 Å². The van der Waals surface area contributed by atoms with E-state index in [2.05, 4.69) is 29.0 Å². The number of nitrogens with one attached hydrogen (secondary N) is 1. The van der Waals surface area contributed by atoms with Crippen LogP contribution in [0.15, 0.2) is 12.1 Å². The van der Waals surface area contributed by atoms with Crippen LogP contribution in [0.2, 0.25) is 0 Å². The number of aryl methyl sites for hydroxylation is 2. The summed E-state index contributed by atoms with van der Waals surface area (Å²) >= 11 is 0. The molecule has 0 radical (unpaired) electrons. The monoisotopic (exact) mass is 190 g/mol. The topological polar surface area (TPSA) is 37.9 Å². The minimum atomic E-state index is 0.712. The normalized spacial score (nSPS) is 10.8. The van der Waals surface area contributed by atoms with Crippen molar-refractivity contribution in [2.45, 2.75) is 20.3 Å². The highest BCUT2D eigenvalue weighted by molar-refractivity contribution is 5.85. The van der Waals surface area contributed by atoms with Crippen molar-refractivity contribution in [1.29, 1.82) is 0 Å². The molecule has 0 aliphatic rings. The molecule has 0 saturated carbocycles. The molecule has 0 fully saturated rings. The number of hydrogen-bond acceptors (Lipinski definition) is 2. The first kappa shape index (κ1) is 9.06. The number of fused-ring (bicyclic) bond motifs is 1. The van der Waals surface area contributed by atoms with Crippen LogP contribution >= 0.6 is 0 Å². The second kappa shape index (κ2) is 3.33. The molecule has 2 aromatic rings. The summed E-state index contributed by atoms with van der Waals surface area (Å²) < 4.78 is 5.25. The fourth-order valence-corrected chi connectivity index (χ4v) is 1.63. The van der Waals surface area contributed by atoms with Crippen molar-refractivity contribution in [3.05, 3.63) is 23.5 Å². The third kappa shape index (κ3) is 1.35. The first-order valence-electron chi connectivity index (χ1n) is 4.77. The Balaban J connectivity index is 2.72. The standard InChI is InChI=1S/C11H14N2O/c1-4-8-6-10-9(5-7(2)12-10)11(13-8)14-3/h5-6,12H,4H2,1-3H3. The molecule has 0 unspecified atom stereocenters.